The number of ether oxygens (including phenoxy) is 1. The van der Waals surface area contributed by atoms with E-state index in [2.05, 4.69) is 25.5 Å². The van der Waals surface area contributed by atoms with Crippen molar-refractivity contribution < 1.29 is 9.53 Å². The summed E-state index contributed by atoms with van der Waals surface area (Å²) in [6.45, 7) is 2.59. The molecule has 2 N–H and O–H groups in total. The molecule has 0 spiro atoms. The Hall–Kier alpha value is -2.39. The number of carbonyl (C=O) groups is 1. The molecule has 1 amide bonds. The molecule has 0 bridgehead atoms. The van der Waals surface area contributed by atoms with Crippen LogP contribution >= 0.6 is 23.1 Å². The number of aromatic nitrogens is 4. The maximum atomic E-state index is 11.9. The van der Waals surface area contributed by atoms with E-state index in [1.54, 1.807) is 0 Å². The maximum absolute atomic E-state index is 11.9. The Labute approximate surface area is 146 Å². The van der Waals surface area contributed by atoms with Crippen LogP contribution in [0.1, 0.15) is 6.92 Å². The number of rotatable bonds is 7. The topological polar surface area (TPSA) is 92.8 Å². The fourth-order valence-corrected chi connectivity index (χ4v) is 3.22. The second-order valence-electron chi connectivity index (χ2n) is 4.62. The zero-order chi connectivity index (χ0) is 16.8. The molecule has 9 heteroatoms. The van der Waals surface area contributed by atoms with Crippen molar-refractivity contribution in [3.63, 3.8) is 0 Å². The highest BCUT2D eigenvalue weighted by Crippen LogP contribution is 2.26. The fraction of sp³-hybridized carbons (Fsp3) is 0.200. The standard InChI is InChI=1S/C15H15N5O2S2/c1-2-22-11-5-3-10(4-6-11)12-7-23-15(18-12)19-13(21)8-24-14-16-9-17-20-14/h3-7,9H,2,8H2,1H3,(H,16,17,20)(H,18,19,21). The van der Waals surface area contributed by atoms with Crippen molar-refractivity contribution in [3.8, 4) is 17.0 Å². The molecule has 2 heterocycles. The van der Waals surface area contributed by atoms with Gasteiger partial charge in [-0.2, -0.15) is 5.10 Å². The molecule has 2 aromatic heterocycles. The normalized spacial score (nSPS) is 10.5. The smallest absolute Gasteiger partial charge is 0.236 e. The van der Waals surface area contributed by atoms with Crippen LogP contribution in [0.3, 0.4) is 0 Å². The molecule has 0 saturated heterocycles. The molecule has 3 aromatic rings. The Morgan fingerprint density at radius 3 is 2.92 bits per heavy atom. The van der Waals surface area contributed by atoms with E-state index in [0.29, 0.717) is 16.9 Å². The molecule has 124 valence electrons. The van der Waals surface area contributed by atoms with Crippen LogP contribution in [-0.2, 0) is 4.79 Å². The number of thioether (sulfide) groups is 1. The molecule has 24 heavy (non-hydrogen) atoms. The van der Waals surface area contributed by atoms with Gasteiger partial charge >= 0.3 is 0 Å². The SMILES string of the molecule is CCOc1ccc(-c2csc(NC(=O)CSc3ncn[nH]3)n2)cc1. The van der Waals surface area contributed by atoms with Gasteiger partial charge in [0.05, 0.1) is 18.1 Å². The van der Waals surface area contributed by atoms with Crippen LogP contribution in [-0.4, -0.2) is 38.4 Å². The molecule has 0 aliphatic carbocycles. The second kappa shape index (κ2) is 7.93. The van der Waals surface area contributed by atoms with Crippen molar-refractivity contribution in [2.45, 2.75) is 12.1 Å². The van der Waals surface area contributed by atoms with Crippen molar-refractivity contribution in [3.05, 3.63) is 36.0 Å². The largest absolute Gasteiger partial charge is 0.494 e. The summed E-state index contributed by atoms with van der Waals surface area (Å²) in [5.41, 5.74) is 1.80. The molecule has 0 radical (unpaired) electrons. The van der Waals surface area contributed by atoms with Gasteiger partial charge in [0.25, 0.3) is 0 Å². The van der Waals surface area contributed by atoms with Crippen LogP contribution < -0.4 is 10.1 Å². The molecular weight excluding hydrogens is 346 g/mol. The first kappa shape index (κ1) is 16.5. The van der Waals surface area contributed by atoms with Crippen LogP contribution in [0.4, 0.5) is 5.13 Å². The zero-order valence-electron chi connectivity index (χ0n) is 12.9. The third-order valence-electron chi connectivity index (χ3n) is 2.94. The number of hydrogen-bond acceptors (Lipinski definition) is 7. The van der Waals surface area contributed by atoms with Gasteiger partial charge in [-0.1, -0.05) is 11.8 Å². The van der Waals surface area contributed by atoms with Gasteiger partial charge in [0.2, 0.25) is 5.91 Å². The lowest BCUT2D eigenvalue weighted by molar-refractivity contribution is -0.113. The van der Waals surface area contributed by atoms with Crippen LogP contribution in [0.5, 0.6) is 5.75 Å². The van der Waals surface area contributed by atoms with Gasteiger partial charge in [-0.25, -0.2) is 9.97 Å². The highest BCUT2D eigenvalue weighted by Gasteiger charge is 2.09. The van der Waals surface area contributed by atoms with Crippen molar-refractivity contribution in [1.82, 2.24) is 20.2 Å². The molecule has 0 saturated carbocycles. The summed E-state index contributed by atoms with van der Waals surface area (Å²) < 4.78 is 5.42. The number of nitrogens with one attached hydrogen (secondary N) is 2. The zero-order valence-corrected chi connectivity index (χ0v) is 14.5. The maximum Gasteiger partial charge on any atom is 0.236 e. The van der Waals surface area contributed by atoms with E-state index in [1.807, 2.05) is 36.6 Å². The van der Waals surface area contributed by atoms with E-state index in [0.717, 1.165) is 17.0 Å². The molecule has 0 fully saturated rings. The summed E-state index contributed by atoms with van der Waals surface area (Å²) in [6.07, 6.45) is 1.41. The minimum atomic E-state index is -0.135. The Morgan fingerprint density at radius 2 is 2.21 bits per heavy atom. The van der Waals surface area contributed by atoms with E-state index in [4.69, 9.17) is 4.74 Å². The number of anilines is 1. The van der Waals surface area contributed by atoms with Gasteiger partial charge in [-0.05, 0) is 31.2 Å². The predicted molar refractivity (Wildman–Crippen MR) is 94.5 cm³/mol. The van der Waals surface area contributed by atoms with E-state index < -0.39 is 0 Å². The summed E-state index contributed by atoms with van der Waals surface area (Å²) >= 11 is 2.68. The Bertz CT molecular complexity index is 787. The average molecular weight is 361 g/mol. The third-order valence-corrected chi connectivity index (χ3v) is 4.58. The van der Waals surface area contributed by atoms with Gasteiger partial charge in [0.15, 0.2) is 10.3 Å². The highest BCUT2D eigenvalue weighted by molar-refractivity contribution is 7.99. The number of aromatic amines is 1. The average Bonchev–Trinajstić information content (AvgIpc) is 3.26. The van der Waals surface area contributed by atoms with Crippen molar-refractivity contribution in [2.75, 3.05) is 17.7 Å². The number of carbonyl (C=O) groups excluding carboxylic acids is 1. The lowest BCUT2D eigenvalue weighted by Crippen LogP contribution is -2.13. The Kier molecular flexibility index (Phi) is 5.44. The monoisotopic (exact) mass is 361 g/mol. The molecule has 0 unspecified atom stereocenters. The van der Waals surface area contributed by atoms with Crippen molar-refractivity contribution >= 4 is 34.1 Å². The summed E-state index contributed by atoms with van der Waals surface area (Å²) in [7, 11) is 0. The summed E-state index contributed by atoms with van der Waals surface area (Å²) in [5.74, 6) is 0.936. The molecular formula is C15H15N5O2S2. The van der Waals surface area contributed by atoms with Gasteiger partial charge in [-0.15, -0.1) is 11.3 Å². The number of hydrogen-bond donors (Lipinski definition) is 2. The molecule has 0 aliphatic heterocycles. The van der Waals surface area contributed by atoms with Gasteiger partial charge < -0.3 is 10.1 Å². The number of nitrogens with zero attached hydrogens (tertiary/aromatic N) is 3. The van der Waals surface area contributed by atoms with E-state index in [-0.39, 0.29) is 11.7 Å². The highest BCUT2D eigenvalue weighted by atomic mass is 32.2. The molecule has 0 aliphatic rings. The van der Waals surface area contributed by atoms with Gasteiger partial charge in [0.1, 0.15) is 12.1 Å². The van der Waals surface area contributed by atoms with Gasteiger partial charge in [0, 0.05) is 10.9 Å². The summed E-state index contributed by atoms with van der Waals surface area (Å²) in [5, 5.41) is 12.3. The first-order valence-electron chi connectivity index (χ1n) is 7.21. The number of amides is 1. The van der Waals surface area contributed by atoms with Crippen molar-refractivity contribution in [2.24, 2.45) is 0 Å². The molecule has 0 atom stereocenters. The Balaban J connectivity index is 1.57. The number of benzene rings is 1. The van der Waals surface area contributed by atoms with Crippen LogP contribution in [0.15, 0.2) is 41.1 Å². The second-order valence-corrected chi connectivity index (χ2v) is 6.44. The summed E-state index contributed by atoms with van der Waals surface area (Å²) in [6, 6.07) is 7.71. The molecule has 3 rings (SSSR count). The quantitative estimate of drug-likeness (QED) is 0.628. The number of thiazole rings is 1. The fourth-order valence-electron chi connectivity index (χ4n) is 1.91. The first-order valence-corrected chi connectivity index (χ1v) is 9.08. The minimum Gasteiger partial charge on any atom is -0.494 e. The van der Waals surface area contributed by atoms with E-state index in [1.165, 1.54) is 29.4 Å². The molecule has 7 nitrogen and oxygen atoms in total. The van der Waals surface area contributed by atoms with Crippen LogP contribution in [0.25, 0.3) is 11.3 Å². The van der Waals surface area contributed by atoms with Crippen LogP contribution in [0, 0.1) is 0 Å². The third kappa shape index (κ3) is 4.33. The number of H-pyrrole nitrogens is 1. The van der Waals surface area contributed by atoms with Crippen LogP contribution in [0.2, 0.25) is 0 Å². The lowest BCUT2D eigenvalue weighted by Gasteiger charge is -2.03. The first-order chi connectivity index (χ1) is 11.7. The predicted octanol–water partition coefficient (Wildman–Crippen LogP) is 3.06. The van der Waals surface area contributed by atoms with Crippen molar-refractivity contribution in [1.29, 1.82) is 0 Å². The van der Waals surface area contributed by atoms with E-state index in [9.17, 15) is 4.79 Å². The molecule has 1 aromatic carbocycles. The lowest BCUT2D eigenvalue weighted by atomic mass is 10.2. The van der Waals surface area contributed by atoms with E-state index >= 15 is 0 Å². The minimum absolute atomic E-state index is 0.135. The Morgan fingerprint density at radius 1 is 1.38 bits per heavy atom. The summed E-state index contributed by atoms with van der Waals surface area (Å²) in [4.78, 5) is 20.3. The van der Waals surface area contributed by atoms with Gasteiger partial charge in [-0.3, -0.25) is 9.89 Å².